The summed E-state index contributed by atoms with van der Waals surface area (Å²) in [5.41, 5.74) is 1.37. The van der Waals surface area contributed by atoms with Crippen molar-refractivity contribution in [2.24, 2.45) is 0 Å². The largest absolute Gasteiger partial charge is 0.485 e. The second-order valence-corrected chi connectivity index (χ2v) is 6.32. The highest BCUT2D eigenvalue weighted by molar-refractivity contribution is 5.39. The third-order valence-electron chi connectivity index (χ3n) is 4.95. The van der Waals surface area contributed by atoms with Crippen molar-refractivity contribution in [2.75, 3.05) is 20.1 Å². The van der Waals surface area contributed by atoms with Crippen LogP contribution < -0.4 is 10.1 Å². The quantitative estimate of drug-likeness (QED) is 0.881. The van der Waals surface area contributed by atoms with E-state index in [0.29, 0.717) is 6.04 Å². The smallest absolute Gasteiger partial charge is 0.125 e. The second-order valence-electron chi connectivity index (χ2n) is 6.32. The molecule has 3 aliphatic rings. The molecule has 1 aliphatic carbocycles. The highest BCUT2D eigenvalue weighted by Gasteiger charge is 2.48. The topological polar surface area (TPSA) is 24.5 Å². The van der Waals surface area contributed by atoms with Gasteiger partial charge in [0, 0.05) is 43.6 Å². The number of likely N-dealkylation sites (tertiary alicyclic amines) is 1. The number of hydrogen-bond donors (Lipinski definition) is 1. The summed E-state index contributed by atoms with van der Waals surface area (Å²) in [5.74, 6) is 1.09. The number of fused-ring (bicyclic) bond motifs is 1. The highest BCUT2D eigenvalue weighted by atomic mass is 16.5. The molecule has 1 spiro atoms. The fourth-order valence-electron chi connectivity index (χ4n) is 3.75. The van der Waals surface area contributed by atoms with Crippen molar-refractivity contribution in [2.45, 2.75) is 43.4 Å². The second kappa shape index (κ2) is 4.22. The molecule has 1 N–H and O–H groups in total. The highest BCUT2D eigenvalue weighted by Crippen LogP contribution is 2.45. The number of nitrogens with one attached hydrogen (secondary N) is 1. The van der Waals surface area contributed by atoms with Gasteiger partial charge in [-0.05, 0) is 26.0 Å². The summed E-state index contributed by atoms with van der Waals surface area (Å²) in [6.45, 7) is 2.33. The van der Waals surface area contributed by atoms with E-state index in [9.17, 15) is 0 Å². The maximum atomic E-state index is 6.44. The third kappa shape index (κ3) is 1.96. The third-order valence-corrected chi connectivity index (χ3v) is 4.95. The Bertz CT molecular complexity index is 485. The molecule has 2 fully saturated rings. The molecule has 0 radical (unpaired) electrons. The zero-order valence-corrected chi connectivity index (χ0v) is 11.6. The number of ether oxygens (including phenoxy) is 1. The van der Waals surface area contributed by atoms with Crippen LogP contribution in [0.2, 0.25) is 0 Å². The molecule has 1 saturated carbocycles. The zero-order chi connectivity index (χ0) is 12.9. The molecule has 3 nitrogen and oxygen atoms in total. The lowest BCUT2D eigenvalue weighted by molar-refractivity contribution is 0.0388. The van der Waals surface area contributed by atoms with Gasteiger partial charge in [0.05, 0.1) is 0 Å². The van der Waals surface area contributed by atoms with Crippen LogP contribution in [-0.4, -0.2) is 36.7 Å². The van der Waals surface area contributed by atoms with E-state index < -0.39 is 0 Å². The lowest BCUT2D eigenvalue weighted by atomic mass is 9.86. The van der Waals surface area contributed by atoms with E-state index in [4.69, 9.17) is 4.74 Å². The molecule has 2 unspecified atom stereocenters. The van der Waals surface area contributed by atoms with Crippen LogP contribution in [0.4, 0.5) is 0 Å². The average Bonchev–Trinajstić information content (AvgIpc) is 3.22. The summed E-state index contributed by atoms with van der Waals surface area (Å²) in [6.07, 6.45) is 5.06. The van der Waals surface area contributed by atoms with Crippen molar-refractivity contribution in [3.63, 3.8) is 0 Å². The molecule has 1 aromatic carbocycles. The molecule has 1 saturated heterocycles. The first-order valence-electron chi connectivity index (χ1n) is 7.49. The van der Waals surface area contributed by atoms with Gasteiger partial charge in [-0.2, -0.15) is 0 Å². The molecule has 2 heterocycles. The van der Waals surface area contributed by atoms with Crippen molar-refractivity contribution in [3.05, 3.63) is 29.8 Å². The Morgan fingerprint density at radius 2 is 2.16 bits per heavy atom. The minimum atomic E-state index is 0.0463. The molecular weight excluding hydrogens is 236 g/mol. The average molecular weight is 258 g/mol. The summed E-state index contributed by atoms with van der Waals surface area (Å²) in [5, 5.41) is 3.47. The molecule has 3 heteroatoms. The standard InChI is InChI=1S/C16H22N2O/c1-17-14-10-16(8-9-18(11-16)12-6-7-12)19-15-5-3-2-4-13(14)15/h2-5,12,14,17H,6-11H2,1H3. The first-order valence-corrected chi connectivity index (χ1v) is 7.49. The Balaban J connectivity index is 1.62. The van der Waals surface area contributed by atoms with Gasteiger partial charge in [-0.15, -0.1) is 0 Å². The van der Waals surface area contributed by atoms with E-state index >= 15 is 0 Å². The number of para-hydroxylation sites is 1. The number of nitrogens with zero attached hydrogens (tertiary/aromatic N) is 1. The Morgan fingerprint density at radius 3 is 2.95 bits per heavy atom. The van der Waals surface area contributed by atoms with Crippen LogP contribution in [0.5, 0.6) is 5.75 Å². The van der Waals surface area contributed by atoms with E-state index in [1.165, 1.54) is 31.4 Å². The van der Waals surface area contributed by atoms with Crippen molar-refractivity contribution >= 4 is 0 Å². The fourth-order valence-corrected chi connectivity index (χ4v) is 3.75. The van der Waals surface area contributed by atoms with Crippen LogP contribution in [0.25, 0.3) is 0 Å². The molecule has 102 valence electrons. The van der Waals surface area contributed by atoms with Gasteiger partial charge in [-0.25, -0.2) is 0 Å². The first kappa shape index (κ1) is 11.7. The van der Waals surface area contributed by atoms with Gasteiger partial charge in [0.2, 0.25) is 0 Å². The van der Waals surface area contributed by atoms with Gasteiger partial charge in [0.25, 0.3) is 0 Å². The number of benzene rings is 1. The Morgan fingerprint density at radius 1 is 1.32 bits per heavy atom. The van der Waals surface area contributed by atoms with Gasteiger partial charge >= 0.3 is 0 Å². The minimum Gasteiger partial charge on any atom is -0.485 e. The summed E-state index contributed by atoms with van der Waals surface area (Å²) in [4.78, 5) is 2.64. The molecular formula is C16H22N2O. The fraction of sp³-hybridized carbons (Fsp3) is 0.625. The zero-order valence-electron chi connectivity index (χ0n) is 11.6. The van der Waals surface area contributed by atoms with E-state index in [2.05, 4.69) is 41.5 Å². The molecule has 19 heavy (non-hydrogen) atoms. The summed E-state index contributed by atoms with van der Waals surface area (Å²) in [6, 6.07) is 9.79. The van der Waals surface area contributed by atoms with E-state index in [1.807, 2.05) is 0 Å². The van der Waals surface area contributed by atoms with Crippen LogP contribution in [0, 0.1) is 0 Å². The van der Waals surface area contributed by atoms with Gasteiger partial charge in [-0.1, -0.05) is 18.2 Å². The predicted molar refractivity (Wildman–Crippen MR) is 75.4 cm³/mol. The van der Waals surface area contributed by atoms with Crippen molar-refractivity contribution in [3.8, 4) is 5.75 Å². The Kier molecular flexibility index (Phi) is 2.61. The Hall–Kier alpha value is -1.06. The number of rotatable bonds is 2. The maximum Gasteiger partial charge on any atom is 0.125 e. The SMILES string of the molecule is CNC1CC2(CCN(C3CC3)C2)Oc2ccccc21. The Labute approximate surface area is 114 Å². The minimum absolute atomic E-state index is 0.0463. The van der Waals surface area contributed by atoms with Crippen LogP contribution in [0.3, 0.4) is 0 Å². The molecule has 2 aliphatic heterocycles. The van der Waals surface area contributed by atoms with Gasteiger partial charge in [0.15, 0.2) is 0 Å². The van der Waals surface area contributed by atoms with Crippen LogP contribution in [0.15, 0.2) is 24.3 Å². The van der Waals surface area contributed by atoms with Crippen LogP contribution in [0.1, 0.15) is 37.3 Å². The van der Waals surface area contributed by atoms with E-state index in [1.54, 1.807) is 0 Å². The summed E-state index contributed by atoms with van der Waals surface area (Å²) in [7, 11) is 2.06. The summed E-state index contributed by atoms with van der Waals surface area (Å²) >= 11 is 0. The molecule has 0 aromatic heterocycles. The van der Waals surface area contributed by atoms with Gasteiger partial charge < -0.3 is 10.1 Å². The summed E-state index contributed by atoms with van der Waals surface area (Å²) < 4.78 is 6.44. The van der Waals surface area contributed by atoms with Crippen molar-refractivity contribution < 1.29 is 4.74 Å². The van der Waals surface area contributed by atoms with Gasteiger partial charge in [0.1, 0.15) is 11.4 Å². The molecule has 0 bridgehead atoms. The predicted octanol–water partition coefficient (Wildman–Crippen LogP) is 2.34. The van der Waals surface area contributed by atoms with Crippen molar-refractivity contribution in [1.82, 2.24) is 10.2 Å². The monoisotopic (exact) mass is 258 g/mol. The maximum absolute atomic E-state index is 6.44. The first-order chi connectivity index (χ1) is 9.30. The van der Waals surface area contributed by atoms with E-state index in [-0.39, 0.29) is 5.60 Å². The molecule has 0 amide bonds. The van der Waals surface area contributed by atoms with Gasteiger partial charge in [-0.3, -0.25) is 4.90 Å². The molecule has 2 atom stereocenters. The molecule has 1 aromatic rings. The molecule has 4 rings (SSSR count). The normalized spacial score (nSPS) is 34.3. The lowest BCUT2D eigenvalue weighted by Gasteiger charge is -2.40. The lowest BCUT2D eigenvalue weighted by Crippen LogP contribution is -2.46. The van der Waals surface area contributed by atoms with Crippen LogP contribution >= 0.6 is 0 Å². The van der Waals surface area contributed by atoms with Crippen molar-refractivity contribution in [1.29, 1.82) is 0 Å². The van der Waals surface area contributed by atoms with E-state index in [0.717, 1.165) is 24.8 Å². The van der Waals surface area contributed by atoms with Crippen LogP contribution in [-0.2, 0) is 0 Å². The number of hydrogen-bond acceptors (Lipinski definition) is 3.